The highest BCUT2D eigenvalue weighted by molar-refractivity contribution is 5.75. The van der Waals surface area contributed by atoms with Crippen molar-refractivity contribution in [3.63, 3.8) is 0 Å². The van der Waals surface area contributed by atoms with Gasteiger partial charge in [0.25, 0.3) is 5.56 Å². The second-order valence-electron chi connectivity index (χ2n) is 2.76. The number of carboxylic acids is 1. The first-order valence-electron chi connectivity index (χ1n) is 3.75. The van der Waals surface area contributed by atoms with Crippen molar-refractivity contribution in [2.24, 2.45) is 5.73 Å². The molecule has 0 saturated carbocycles. The Balaban J connectivity index is 3.42. The molecule has 7 nitrogen and oxygen atoms in total. The minimum Gasteiger partial charge on any atom is -0.480 e. The monoisotopic (exact) mass is 199 g/mol. The minimum absolute atomic E-state index is 0.142. The quantitative estimate of drug-likeness (QED) is 0.458. The fraction of sp³-hybridized carbons (Fsp3) is 0.286. The summed E-state index contributed by atoms with van der Waals surface area (Å²) in [5.41, 5.74) is 3.80. The maximum Gasteiger partial charge on any atom is 0.325 e. The molecule has 0 aliphatic carbocycles. The molecule has 1 rings (SSSR count). The Morgan fingerprint density at radius 2 is 2.00 bits per heavy atom. The van der Waals surface area contributed by atoms with Crippen molar-refractivity contribution in [3.8, 4) is 0 Å². The number of hydrogen-bond acceptors (Lipinski definition) is 4. The van der Waals surface area contributed by atoms with E-state index in [4.69, 9.17) is 10.8 Å². The first-order chi connectivity index (χ1) is 6.43. The van der Waals surface area contributed by atoms with Gasteiger partial charge in [-0.05, 0) is 6.92 Å². The van der Waals surface area contributed by atoms with Crippen molar-refractivity contribution in [2.75, 3.05) is 0 Å². The molecule has 0 saturated heterocycles. The Hall–Kier alpha value is -1.89. The van der Waals surface area contributed by atoms with Crippen LogP contribution in [0.25, 0.3) is 0 Å². The highest BCUT2D eigenvalue weighted by atomic mass is 16.4. The van der Waals surface area contributed by atoms with Crippen LogP contribution in [-0.4, -0.2) is 21.0 Å². The van der Waals surface area contributed by atoms with Crippen LogP contribution in [0.5, 0.6) is 0 Å². The lowest BCUT2D eigenvalue weighted by molar-refractivity contribution is -0.138. The maximum absolute atomic E-state index is 11.2. The predicted octanol–water partition coefficient (Wildman–Crippen LogP) is -1.54. The summed E-state index contributed by atoms with van der Waals surface area (Å²) in [7, 11) is 0. The summed E-state index contributed by atoms with van der Waals surface area (Å²) in [5.74, 6) is -1.33. The van der Waals surface area contributed by atoms with Crippen molar-refractivity contribution in [1.29, 1.82) is 0 Å². The van der Waals surface area contributed by atoms with E-state index in [0.29, 0.717) is 0 Å². The minimum atomic E-state index is -1.43. The molecule has 14 heavy (non-hydrogen) atoms. The summed E-state index contributed by atoms with van der Waals surface area (Å²) >= 11 is 0. The standard InChI is InChI=1S/C7H9N3O4/c1-2-3(4(8)6(12)13)5(11)10-7(14)9-2/h4H,8H2,1H3,(H,12,13)(H2,9,10,11,14). The summed E-state index contributed by atoms with van der Waals surface area (Å²) in [6.45, 7) is 1.41. The van der Waals surface area contributed by atoms with Crippen molar-refractivity contribution < 1.29 is 9.90 Å². The van der Waals surface area contributed by atoms with E-state index in [-0.39, 0.29) is 11.3 Å². The number of rotatable bonds is 2. The summed E-state index contributed by atoms with van der Waals surface area (Å²) < 4.78 is 0. The first-order valence-corrected chi connectivity index (χ1v) is 3.75. The van der Waals surface area contributed by atoms with E-state index < -0.39 is 23.3 Å². The van der Waals surface area contributed by atoms with Crippen LogP contribution in [0.15, 0.2) is 9.59 Å². The Morgan fingerprint density at radius 3 is 2.43 bits per heavy atom. The van der Waals surface area contributed by atoms with Gasteiger partial charge < -0.3 is 15.8 Å². The van der Waals surface area contributed by atoms with Gasteiger partial charge in [-0.3, -0.25) is 14.6 Å². The van der Waals surface area contributed by atoms with Crippen molar-refractivity contribution >= 4 is 5.97 Å². The van der Waals surface area contributed by atoms with Crippen molar-refractivity contribution in [1.82, 2.24) is 9.97 Å². The molecular weight excluding hydrogens is 190 g/mol. The van der Waals surface area contributed by atoms with Gasteiger partial charge in [-0.25, -0.2) is 4.79 Å². The van der Waals surface area contributed by atoms with E-state index >= 15 is 0 Å². The fourth-order valence-electron chi connectivity index (χ4n) is 1.11. The molecule has 0 amide bonds. The van der Waals surface area contributed by atoms with E-state index in [2.05, 4.69) is 4.98 Å². The van der Waals surface area contributed by atoms with Crippen LogP contribution in [0.3, 0.4) is 0 Å². The van der Waals surface area contributed by atoms with Gasteiger partial charge in [0.05, 0.1) is 5.56 Å². The molecule has 1 aromatic rings. The second-order valence-corrected chi connectivity index (χ2v) is 2.76. The number of nitrogens with one attached hydrogen (secondary N) is 2. The number of aliphatic carboxylic acids is 1. The van der Waals surface area contributed by atoms with Gasteiger partial charge in [-0.15, -0.1) is 0 Å². The molecule has 1 atom stereocenters. The van der Waals surface area contributed by atoms with Crippen LogP contribution in [0.4, 0.5) is 0 Å². The molecule has 76 valence electrons. The van der Waals surface area contributed by atoms with Crippen LogP contribution >= 0.6 is 0 Å². The van der Waals surface area contributed by atoms with Crippen LogP contribution in [0.1, 0.15) is 17.3 Å². The Kier molecular flexibility index (Phi) is 2.52. The van der Waals surface area contributed by atoms with Gasteiger partial charge in [0.1, 0.15) is 6.04 Å². The molecule has 0 spiro atoms. The molecule has 0 aromatic carbocycles. The maximum atomic E-state index is 11.2. The Bertz CT molecular complexity index is 473. The van der Waals surface area contributed by atoms with Crippen molar-refractivity contribution in [2.45, 2.75) is 13.0 Å². The lowest BCUT2D eigenvalue weighted by Gasteiger charge is -2.07. The van der Waals surface area contributed by atoms with Gasteiger partial charge in [0.2, 0.25) is 0 Å². The number of carbonyl (C=O) groups is 1. The van der Waals surface area contributed by atoms with Gasteiger partial charge in [0.15, 0.2) is 0 Å². The van der Waals surface area contributed by atoms with Crippen LogP contribution < -0.4 is 17.0 Å². The Morgan fingerprint density at radius 1 is 1.43 bits per heavy atom. The molecule has 1 heterocycles. The normalized spacial score (nSPS) is 12.4. The number of aromatic nitrogens is 2. The number of H-pyrrole nitrogens is 2. The van der Waals surface area contributed by atoms with Crippen LogP contribution in [0, 0.1) is 6.92 Å². The number of carboxylic acid groups (broad SMARTS) is 1. The Labute approximate surface area is 77.6 Å². The molecule has 0 bridgehead atoms. The molecule has 0 aliphatic rings. The van der Waals surface area contributed by atoms with Gasteiger partial charge in [0, 0.05) is 5.69 Å². The zero-order valence-electron chi connectivity index (χ0n) is 7.33. The molecule has 1 unspecified atom stereocenters. The lowest BCUT2D eigenvalue weighted by atomic mass is 10.1. The first kappa shape index (κ1) is 10.2. The molecule has 7 heteroatoms. The van der Waals surface area contributed by atoms with Gasteiger partial charge in [-0.1, -0.05) is 0 Å². The fourth-order valence-corrected chi connectivity index (χ4v) is 1.11. The molecule has 0 radical (unpaired) electrons. The summed E-state index contributed by atoms with van der Waals surface area (Å²) in [6.07, 6.45) is 0. The number of hydrogen-bond donors (Lipinski definition) is 4. The average molecular weight is 199 g/mol. The third kappa shape index (κ3) is 1.72. The molecule has 1 aromatic heterocycles. The molecule has 5 N–H and O–H groups in total. The van der Waals surface area contributed by atoms with Gasteiger partial charge in [-0.2, -0.15) is 0 Å². The predicted molar refractivity (Wildman–Crippen MR) is 47.0 cm³/mol. The third-order valence-electron chi connectivity index (χ3n) is 1.75. The summed E-state index contributed by atoms with van der Waals surface area (Å²) in [6, 6.07) is -1.43. The topological polar surface area (TPSA) is 129 Å². The van der Waals surface area contributed by atoms with Gasteiger partial charge >= 0.3 is 11.7 Å². The van der Waals surface area contributed by atoms with Crippen LogP contribution in [0.2, 0.25) is 0 Å². The second kappa shape index (κ2) is 3.46. The smallest absolute Gasteiger partial charge is 0.325 e. The molecular formula is C7H9N3O4. The van der Waals surface area contributed by atoms with E-state index in [0.717, 1.165) is 0 Å². The number of aryl methyl sites for hydroxylation is 1. The highest BCUT2D eigenvalue weighted by Gasteiger charge is 2.20. The summed E-state index contributed by atoms with van der Waals surface area (Å²) in [4.78, 5) is 36.6. The van der Waals surface area contributed by atoms with E-state index in [1.54, 1.807) is 0 Å². The molecule has 0 aliphatic heterocycles. The van der Waals surface area contributed by atoms with E-state index in [9.17, 15) is 14.4 Å². The van der Waals surface area contributed by atoms with Crippen molar-refractivity contribution in [3.05, 3.63) is 32.1 Å². The third-order valence-corrected chi connectivity index (χ3v) is 1.75. The highest BCUT2D eigenvalue weighted by Crippen LogP contribution is 2.06. The van der Waals surface area contributed by atoms with E-state index in [1.807, 2.05) is 4.98 Å². The number of nitrogens with two attached hydrogens (primary N) is 1. The largest absolute Gasteiger partial charge is 0.480 e. The SMILES string of the molecule is Cc1[nH]c(=O)[nH]c(=O)c1C(N)C(=O)O. The molecule has 0 fully saturated rings. The summed E-state index contributed by atoms with van der Waals surface area (Å²) in [5, 5.41) is 8.58. The zero-order chi connectivity index (χ0) is 10.9. The number of aromatic amines is 2. The lowest BCUT2D eigenvalue weighted by Crippen LogP contribution is -2.34. The van der Waals surface area contributed by atoms with Crippen LogP contribution in [-0.2, 0) is 4.79 Å². The average Bonchev–Trinajstić information content (AvgIpc) is 2.01. The van der Waals surface area contributed by atoms with E-state index in [1.165, 1.54) is 6.92 Å². The zero-order valence-corrected chi connectivity index (χ0v) is 7.33.